The first-order chi connectivity index (χ1) is 7.68. The number of nitrogens with zero attached hydrogens (tertiary/aromatic N) is 1. The van der Waals surface area contributed by atoms with Crippen LogP contribution in [-0.4, -0.2) is 31.1 Å². The monoisotopic (exact) mass is 283 g/mol. The Morgan fingerprint density at radius 1 is 1.38 bits per heavy atom. The maximum atomic E-state index is 5.91. The van der Waals surface area contributed by atoms with E-state index in [1.54, 1.807) is 0 Å². The van der Waals surface area contributed by atoms with E-state index in [4.69, 9.17) is 5.73 Å². The molecule has 1 atom stereocenters. The Morgan fingerprint density at radius 3 is 2.69 bits per heavy atom. The maximum absolute atomic E-state index is 5.91. The van der Waals surface area contributed by atoms with Crippen LogP contribution in [0.5, 0.6) is 0 Å². The van der Waals surface area contributed by atoms with Crippen molar-refractivity contribution in [2.24, 2.45) is 0 Å². The van der Waals surface area contributed by atoms with Gasteiger partial charge in [-0.15, -0.1) is 0 Å². The van der Waals surface area contributed by atoms with E-state index in [2.05, 4.69) is 45.2 Å². The molecule has 0 aromatic heterocycles. The minimum Gasteiger partial charge on any atom is -0.398 e. The fourth-order valence-corrected chi connectivity index (χ4v) is 2.35. The smallest absolute Gasteiger partial charge is 0.0461 e. The standard InChI is InChI=1S/C12H18BrN3/c1-9(16-6-4-15-5-7-16)10-2-3-11(13)12(14)8-10/h2-3,8-9,15H,4-7,14H2,1H3. The van der Waals surface area contributed by atoms with Crippen molar-refractivity contribution >= 4 is 21.6 Å². The van der Waals surface area contributed by atoms with Gasteiger partial charge in [-0.05, 0) is 40.5 Å². The van der Waals surface area contributed by atoms with Crippen molar-refractivity contribution in [3.63, 3.8) is 0 Å². The van der Waals surface area contributed by atoms with Crippen molar-refractivity contribution in [3.8, 4) is 0 Å². The SMILES string of the molecule is CC(c1ccc(Br)c(N)c1)N1CCNCC1. The van der Waals surface area contributed by atoms with E-state index in [0.717, 1.165) is 36.3 Å². The van der Waals surface area contributed by atoms with Gasteiger partial charge >= 0.3 is 0 Å². The lowest BCUT2D eigenvalue weighted by Gasteiger charge is -2.33. The highest BCUT2D eigenvalue weighted by Crippen LogP contribution is 2.26. The number of nitrogen functional groups attached to an aromatic ring is 1. The average Bonchev–Trinajstić information content (AvgIpc) is 2.33. The van der Waals surface area contributed by atoms with Crippen molar-refractivity contribution in [2.75, 3.05) is 31.9 Å². The zero-order valence-corrected chi connectivity index (χ0v) is 11.1. The number of piperazine rings is 1. The molecule has 1 aliphatic heterocycles. The van der Waals surface area contributed by atoms with Gasteiger partial charge in [-0.25, -0.2) is 0 Å². The van der Waals surface area contributed by atoms with Crippen molar-refractivity contribution < 1.29 is 0 Å². The van der Waals surface area contributed by atoms with Crippen LogP contribution >= 0.6 is 15.9 Å². The van der Waals surface area contributed by atoms with Crippen molar-refractivity contribution in [2.45, 2.75) is 13.0 Å². The quantitative estimate of drug-likeness (QED) is 0.816. The Labute approximate surface area is 105 Å². The van der Waals surface area contributed by atoms with Crippen LogP contribution in [0.2, 0.25) is 0 Å². The molecular weight excluding hydrogens is 266 g/mol. The lowest BCUT2D eigenvalue weighted by atomic mass is 10.1. The number of hydrogen-bond acceptors (Lipinski definition) is 3. The van der Waals surface area contributed by atoms with Gasteiger partial charge in [0, 0.05) is 42.4 Å². The fourth-order valence-electron chi connectivity index (χ4n) is 2.10. The summed E-state index contributed by atoms with van der Waals surface area (Å²) in [7, 11) is 0. The molecule has 1 heterocycles. The number of rotatable bonds is 2. The maximum Gasteiger partial charge on any atom is 0.0461 e. The highest BCUT2D eigenvalue weighted by Gasteiger charge is 2.18. The molecule has 1 aliphatic rings. The normalized spacial score (nSPS) is 19.6. The molecule has 0 saturated carbocycles. The molecule has 0 radical (unpaired) electrons. The zero-order valence-electron chi connectivity index (χ0n) is 9.54. The number of anilines is 1. The predicted octanol–water partition coefficient (Wildman–Crippen LogP) is 2.00. The van der Waals surface area contributed by atoms with E-state index in [0.29, 0.717) is 6.04 Å². The van der Waals surface area contributed by atoms with Crippen molar-refractivity contribution in [3.05, 3.63) is 28.2 Å². The predicted molar refractivity (Wildman–Crippen MR) is 71.4 cm³/mol. The van der Waals surface area contributed by atoms with Gasteiger partial charge in [-0.2, -0.15) is 0 Å². The molecule has 1 aromatic rings. The molecule has 16 heavy (non-hydrogen) atoms. The first-order valence-corrected chi connectivity index (χ1v) is 6.47. The van der Waals surface area contributed by atoms with Crippen LogP contribution < -0.4 is 11.1 Å². The third-order valence-electron chi connectivity index (χ3n) is 3.20. The number of hydrogen-bond donors (Lipinski definition) is 2. The summed E-state index contributed by atoms with van der Waals surface area (Å²) < 4.78 is 0.976. The van der Waals surface area contributed by atoms with Gasteiger partial charge in [0.2, 0.25) is 0 Å². The minimum absolute atomic E-state index is 0.442. The zero-order chi connectivity index (χ0) is 11.5. The molecule has 1 saturated heterocycles. The summed E-state index contributed by atoms with van der Waals surface area (Å²) in [5, 5.41) is 3.37. The summed E-state index contributed by atoms with van der Waals surface area (Å²) in [5.41, 5.74) is 8.02. The highest BCUT2D eigenvalue weighted by atomic mass is 79.9. The van der Waals surface area contributed by atoms with Crippen molar-refractivity contribution in [1.82, 2.24) is 10.2 Å². The molecule has 1 unspecified atom stereocenters. The Morgan fingerprint density at radius 2 is 2.06 bits per heavy atom. The van der Waals surface area contributed by atoms with Crippen LogP contribution in [0.25, 0.3) is 0 Å². The van der Waals surface area contributed by atoms with Crippen molar-refractivity contribution in [1.29, 1.82) is 0 Å². The largest absolute Gasteiger partial charge is 0.398 e. The Kier molecular flexibility index (Phi) is 3.84. The first kappa shape index (κ1) is 11.9. The van der Waals surface area contributed by atoms with E-state index >= 15 is 0 Å². The molecule has 4 heteroatoms. The summed E-state index contributed by atoms with van der Waals surface area (Å²) in [6.45, 7) is 6.62. The summed E-state index contributed by atoms with van der Waals surface area (Å²) in [6, 6.07) is 6.69. The molecule has 3 nitrogen and oxygen atoms in total. The molecule has 1 aromatic carbocycles. The van der Waals surface area contributed by atoms with Crippen LogP contribution in [0.4, 0.5) is 5.69 Å². The van der Waals surface area contributed by atoms with Crippen LogP contribution in [0.15, 0.2) is 22.7 Å². The summed E-state index contributed by atoms with van der Waals surface area (Å²) >= 11 is 3.43. The molecule has 1 fully saturated rings. The third kappa shape index (κ3) is 2.56. The second-order valence-electron chi connectivity index (χ2n) is 4.24. The molecule has 3 N–H and O–H groups in total. The Bertz CT molecular complexity index is 361. The molecule has 0 spiro atoms. The summed E-state index contributed by atoms with van der Waals surface area (Å²) in [5.74, 6) is 0. The molecule has 88 valence electrons. The van der Waals surface area contributed by atoms with Gasteiger partial charge in [0.25, 0.3) is 0 Å². The van der Waals surface area contributed by atoms with Gasteiger partial charge in [-0.1, -0.05) is 6.07 Å². The lowest BCUT2D eigenvalue weighted by Crippen LogP contribution is -2.44. The molecule has 0 amide bonds. The van der Waals surface area contributed by atoms with E-state index in [1.165, 1.54) is 5.56 Å². The Hall–Kier alpha value is -0.580. The van der Waals surface area contributed by atoms with E-state index in [9.17, 15) is 0 Å². The number of benzene rings is 1. The number of nitrogens with one attached hydrogen (secondary N) is 1. The summed E-state index contributed by atoms with van der Waals surface area (Å²) in [6.07, 6.45) is 0. The van der Waals surface area contributed by atoms with Gasteiger partial charge < -0.3 is 11.1 Å². The van der Waals surface area contributed by atoms with Gasteiger partial charge in [0.15, 0.2) is 0 Å². The highest BCUT2D eigenvalue weighted by molar-refractivity contribution is 9.10. The minimum atomic E-state index is 0.442. The third-order valence-corrected chi connectivity index (χ3v) is 3.92. The molecule has 0 bridgehead atoms. The molecular formula is C12H18BrN3. The van der Waals surface area contributed by atoms with Gasteiger partial charge in [-0.3, -0.25) is 4.90 Å². The molecule has 0 aliphatic carbocycles. The van der Waals surface area contributed by atoms with E-state index < -0.39 is 0 Å². The van der Waals surface area contributed by atoms with Gasteiger partial charge in [0.05, 0.1) is 0 Å². The molecule has 2 rings (SSSR count). The Balaban J connectivity index is 2.12. The van der Waals surface area contributed by atoms with Gasteiger partial charge in [0.1, 0.15) is 0 Å². The lowest BCUT2D eigenvalue weighted by molar-refractivity contribution is 0.185. The first-order valence-electron chi connectivity index (χ1n) is 5.68. The number of nitrogens with two attached hydrogens (primary N) is 1. The summed E-state index contributed by atoms with van der Waals surface area (Å²) in [4.78, 5) is 2.49. The topological polar surface area (TPSA) is 41.3 Å². The average molecular weight is 284 g/mol. The van der Waals surface area contributed by atoms with Crippen LogP contribution in [0.3, 0.4) is 0 Å². The fraction of sp³-hybridized carbons (Fsp3) is 0.500. The van der Waals surface area contributed by atoms with E-state index in [-0.39, 0.29) is 0 Å². The van der Waals surface area contributed by atoms with Crippen LogP contribution in [0, 0.1) is 0 Å². The van der Waals surface area contributed by atoms with E-state index in [1.807, 2.05) is 6.07 Å². The second-order valence-corrected chi connectivity index (χ2v) is 5.10. The van der Waals surface area contributed by atoms with Crippen LogP contribution in [0.1, 0.15) is 18.5 Å². The second kappa shape index (κ2) is 5.17. The number of halogens is 1. The van der Waals surface area contributed by atoms with Crippen LogP contribution in [-0.2, 0) is 0 Å².